The summed E-state index contributed by atoms with van der Waals surface area (Å²) in [4.78, 5) is 11.6. The molecule has 0 fully saturated rings. The monoisotopic (exact) mass is 327 g/mol. The maximum Gasteiger partial charge on any atom is 0.231 e. The number of anilines is 1. The molecule has 0 saturated carbocycles. The van der Waals surface area contributed by atoms with Crippen LogP contribution in [0.3, 0.4) is 0 Å². The Balaban J connectivity index is 1.73. The lowest BCUT2D eigenvalue weighted by atomic mass is 10.1. The highest BCUT2D eigenvalue weighted by Crippen LogP contribution is 2.33. The van der Waals surface area contributed by atoms with Gasteiger partial charge in [-0.25, -0.2) is 4.39 Å². The first-order valence-electron chi connectivity index (χ1n) is 7.71. The van der Waals surface area contributed by atoms with E-state index in [2.05, 4.69) is 5.32 Å². The van der Waals surface area contributed by atoms with E-state index in [9.17, 15) is 9.18 Å². The van der Waals surface area contributed by atoms with Crippen LogP contribution in [0.25, 0.3) is 12.2 Å². The van der Waals surface area contributed by atoms with Gasteiger partial charge in [0.2, 0.25) is 12.7 Å². The summed E-state index contributed by atoms with van der Waals surface area (Å²) in [5, 5.41) is 2.57. The molecule has 0 bridgehead atoms. The molecule has 0 aliphatic carbocycles. The van der Waals surface area contributed by atoms with E-state index in [1.54, 1.807) is 32.1 Å². The number of fused-ring (bicyclic) bond motifs is 1. The predicted molar refractivity (Wildman–Crippen MR) is 91.4 cm³/mol. The van der Waals surface area contributed by atoms with Gasteiger partial charge in [0.05, 0.1) is 5.69 Å². The van der Waals surface area contributed by atoms with E-state index in [-0.39, 0.29) is 24.3 Å². The fourth-order valence-corrected chi connectivity index (χ4v) is 2.22. The van der Waals surface area contributed by atoms with Gasteiger partial charge in [-0.1, -0.05) is 38.1 Å². The lowest BCUT2D eigenvalue weighted by Gasteiger charge is -2.09. The molecule has 0 aromatic heterocycles. The SMILES string of the molecule is CC(C)C(=O)Nc1ccc(/C=C/c2ccc3c(c2)OCO3)cc1F. The number of halogens is 1. The average Bonchev–Trinajstić information content (AvgIpc) is 3.02. The standard InChI is InChI=1S/C19H18FNO3/c1-12(2)19(22)21-16-7-5-13(9-15(16)20)3-4-14-6-8-17-18(10-14)24-11-23-17/h3-10,12H,11H2,1-2H3,(H,21,22)/b4-3+. The van der Waals surface area contributed by atoms with Gasteiger partial charge in [-0.2, -0.15) is 0 Å². The van der Waals surface area contributed by atoms with Crippen molar-refractivity contribution >= 4 is 23.7 Å². The first kappa shape index (κ1) is 16.1. The van der Waals surface area contributed by atoms with Crippen LogP contribution < -0.4 is 14.8 Å². The van der Waals surface area contributed by atoms with Gasteiger partial charge in [-0.05, 0) is 35.4 Å². The zero-order valence-electron chi connectivity index (χ0n) is 13.5. The van der Waals surface area contributed by atoms with Crippen LogP contribution in [0.1, 0.15) is 25.0 Å². The Morgan fingerprint density at radius 1 is 1.08 bits per heavy atom. The summed E-state index contributed by atoms with van der Waals surface area (Å²) in [5.74, 6) is 0.558. The Hall–Kier alpha value is -2.82. The van der Waals surface area contributed by atoms with Crippen molar-refractivity contribution in [2.45, 2.75) is 13.8 Å². The van der Waals surface area contributed by atoms with Crippen molar-refractivity contribution in [2.75, 3.05) is 12.1 Å². The van der Waals surface area contributed by atoms with Crippen molar-refractivity contribution in [2.24, 2.45) is 5.92 Å². The third-order valence-electron chi connectivity index (χ3n) is 3.64. The molecular formula is C19H18FNO3. The van der Waals surface area contributed by atoms with E-state index in [4.69, 9.17) is 9.47 Å². The fraction of sp³-hybridized carbons (Fsp3) is 0.211. The molecule has 124 valence electrons. The summed E-state index contributed by atoms with van der Waals surface area (Å²) in [6.45, 7) is 3.75. The van der Waals surface area contributed by atoms with Crippen molar-refractivity contribution in [3.05, 3.63) is 53.3 Å². The van der Waals surface area contributed by atoms with E-state index in [0.717, 1.165) is 11.3 Å². The van der Waals surface area contributed by atoms with Crippen LogP contribution in [0.2, 0.25) is 0 Å². The Bertz CT molecular complexity index is 799. The van der Waals surface area contributed by atoms with Crippen LogP contribution in [0.5, 0.6) is 11.5 Å². The van der Waals surface area contributed by atoms with Crippen LogP contribution in [0, 0.1) is 11.7 Å². The molecule has 1 N–H and O–H groups in total. The van der Waals surface area contributed by atoms with Gasteiger partial charge in [0.15, 0.2) is 11.5 Å². The smallest absolute Gasteiger partial charge is 0.231 e. The topological polar surface area (TPSA) is 47.6 Å². The molecule has 0 spiro atoms. The maximum absolute atomic E-state index is 14.1. The van der Waals surface area contributed by atoms with Crippen LogP contribution in [0.15, 0.2) is 36.4 Å². The summed E-state index contributed by atoms with van der Waals surface area (Å²) in [7, 11) is 0. The van der Waals surface area contributed by atoms with Gasteiger partial charge in [-0.3, -0.25) is 4.79 Å². The third-order valence-corrected chi connectivity index (χ3v) is 3.64. The number of carbonyl (C=O) groups is 1. The van der Waals surface area contributed by atoms with Crippen LogP contribution >= 0.6 is 0 Å². The second kappa shape index (κ2) is 6.74. The zero-order chi connectivity index (χ0) is 17.1. The molecule has 2 aromatic rings. The van der Waals surface area contributed by atoms with Gasteiger partial charge in [0.1, 0.15) is 5.82 Å². The Kier molecular flexibility index (Phi) is 4.51. The highest BCUT2D eigenvalue weighted by Gasteiger charge is 2.12. The molecule has 0 saturated heterocycles. The quantitative estimate of drug-likeness (QED) is 0.851. The second-order valence-electron chi connectivity index (χ2n) is 5.83. The summed E-state index contributed by atoms with van der Waals surface area (Å²) in [5.41, 5.74) is 1.82. The highest BCUT2D eigenvalue weighted by molar-refractivity contribution is 5.92. The summed E-state index contributed by atoms with van der Waals surface area (Å²) >= 11 is 0. The minimum Gasteiger partial charge on any atom is -0.454 e. The van der Waals surface area contributed by atoms with Gasteiger partial charge >= 0.3 is 0 Å². The number of amides is 1. The number of nitrogens with one attached hydrogen (secondary N) is 1. The van der Waals surface area contributed by atoms with Crippen molar-refractivity contribution in [3.63, 3.8) is 0 Å². The van der Waals surface area contributed by atoms with E-state index in [0.29, 0.717) is 11.3 Å². The Labute approximate surface area is 139 Å². The van der Waals surface area contributed by atoms with Gasteiger partial charge < -0.3 is 14.8 Å². The summed E-state index contributed by atoms with van der Waals surface area (Å²) in [6.07, 6.45) is 3.66. The van der Waals surface area contributed by atoms with Gasteiger partial charge in [0.25, 0.3) is 0 Å². The first-order valence-corrected chi connectivity index (χ1v) is 7.71. The summed E-state index contributed by atoms with van der Waals surface area (Å²) in [6, 6.07) is 10.3. The highest BCUT2D eigenvalue weighted by atomic mass is 19.1. The molecule has 4 nitrogen and oxygen atoms in total. The minimum absolute atomic E-state index is 0.189. The van der Waals surface area contributed by atoms with Crippen LogP contribution in [0.4, 0.5) is 10.1 Å². The van der Waals surface area contributed by atoms with Crippen molar-refractivity contribution in [1.29, 1.82) is 0 Å². The zero-order valence-corrected chi connectivity index (χ0v) is 13.5. The number of hydrogen-bond donors (Lipinski definition) is 1. The number of hydrogen-bond acceptors (Lipinski definition) is 3. The number of ether oxygens (including phenoxy) is 2. The van der Waals surface area contributed by atoms with Crippen molar-refractivity contribution in [3.8, 4) is 11.5 Å². The largest absolute Gasteiger partial charge is 0.454 e. The normalized spacial score (nSPS) is 12.8. The van der Waals surface area contributed by atoms with E-state index < -0.39 is 5.82 Å². The van der Waals surface area contributed by atoms with Crippen molar-refractivity contribution < 1.29 is 18.7 Å². The Morgan fingerprint density at radius 2 is 1.75 bits per heavy atom. The van der Waals surface area contributed by atoms with E-state index >= 15 is 0 Å². The lowest BCUT2D eigenvalue weighted by Crippen LogP contribution is -2.18. The minimum atomic E-state index is -0.461. The number of benzene rings is 2. The number of rotatable bonds is 4. The molecule has 3 rings (SSSR count). The van der Waals surface area contributed by atoms with Crippen molar-refractivity contribution in [1.82, 2.24) is 0 Å². The molecule has 0 radical (unpaired) electrons. The summed E-state index contributed by atoms with van der Waals surface area (Å²) < 4.78 is 24.7. The van der Waals surface area contributed by atoms with Crippen LogP contribution in [-0.4, -0.2) is 12.7 Å². The molecule has 5 heteroatoms. The van der Waals surface area contributed by atoms with Gasteiger partial charge in [0, 0.05) is 5.92 Å². The molecule has 24 heavy (non-hydrogen) atoms. The molecule has 1 aliphatic rings. The second-order valence-corrected chi connectivity index (χ2v) is 5.83. The molecule has 0 atom stereocenters. The molecule has 2 aromatic carbocycles. The Morgan fingerprint density at radius 3 is 2.46 bits per heavy atom. The third kappa shape index (κ3) is 3.56. The van der Waals surface area contributed by atoms with E-state index in [1.165, 1.54) is 6.07 Å². The molecule has 1 amide bonds. The van der Waals surface area contributed by atoms with Gasteiger partial charge in [-0.15, -0.1) is 0 Å². The molecule has 1 heterocycles. The van der Waals surface area contributed by atoms with E-state index in [1.807, 2.05) is 24.3 Å². The number of carbonyl (C=O) groups excluding carboxylic acids is 1. The lowest BCUT2D eigenvalue weighted by molar-refractivity contribution is -0.118. The molecule has 1 aliphatic heterocycles. The molecular weight excluding hydrogens is 309 g/mol. The molecule has 0 unspecified atom stereocenters. The van der Waals surface area contributed by atoms with Crippen LogP contribution in [-0.2, 0) is 4.79 Å². The predicted octanol–water partition coefficient (Wildman–Crippen LogP) is 4.32. The fourth-order valence-electron chi connectivity index (χ4n) is 2.22. The first-order chi connectivity index (χ1) is 11.5. The maximum atomic E-state index is 14.1. The average molecular weight is 327 g/mol.